The van der Waals surface area contributed by atoms with Gasteiger partial charge < -0.3 is 0 Å². The van der Waals surface area contributed by atoms with Gasteiger partial charge in [-0.15, -0.1) is 0 Å². The molecule has 1 rings (SSSR count). The van der Waals surface area contributed by atoms with E-state index in [9.17, 15) is 0 Å². The molecule has 0 heterocycles. The summed E-state index contributed by atoms with van der Waals surface area (Å²) in [5.41, 5.74) is 0. The number of rotatable bonds is 1. The summed E-state index contributed by atoms with van der Waals surface area (Å²) >= 11 is -1.26. The van der Waals surface area contributed by atoms with Crippen LogP contribution in [-0.4, -0.2) is 18.4 Å². The van der Waals surface area contributed by atoms with Crippen LogP contribution in [0.25, 0.3) is 0 Å². The van der Waals surface area contributed by atoms with Crippen molar-refractivity contribution in [2.75, 3.05) is 0 Å². The molecule has 1 aliphatic rings. The summed E-state index contributed by atoms with van der Waals surface area (Å²) in [6.07, 6.45) is 3.14. The maximum absolute atomic E-state index is 2.53. The fourth-order valence-electron chi connectivity index (χ4n) is 0.949. The van der Waals surface area contributed by atoms with Gasteiger partial charge in [0.05, 0.1) is 0 Å². The summed E-state index contributed by atoms with van der Waals surface area (Å²) in [4.78, 5) is 7.60. The molecule has 0 aromatic heterocycles. The molecule has 42 valence electrons. The van der Waals surface area contributed by atoms with Crippen LogP contribution in [0.1, 0.15) is 12.8 Å². The molecule has 0 radical (unpaired) electrons. The number of hydrogen-bond acceptors (Lipinski definition) is 0. The van der Waals surface area contributed by atoms with Crippen molar-refractivity contribution in [2.24, 2.45) is 0 Å². The Labute approximate surface area is 50.2 Å². The van der Waals surface area contributed by atoms with E-state index in [1.165, 1.54) is 3.93 Å². The molecule has 0 spiro atoms. The van der Waals surface area contributed by atoms with E-state index in [0.29, 0.717) is 0 Å². The second kappa shape index (κ2) is 1.64. The molecule has 0 atom stereocenters. The molecular weight excluding hydrogens is 191 g/mol. The SMILES string of the molecule is [CH3][Sn]([CH3])([CH3])[CH]1CC1. The van der Waals surface area contributed by atoms with Crippen molar-refractivity contribution in [3.63, 3.8) is 0 Å². The van der Waals surface area contributed by atoms with Gasteiger partial charge in [-0.2, -0.15) is 0 Å². The summed E-state index contributed by atoms with van der Waals surface area (Å²) in [6, 6.07) is 0. The van der Waals surface area contributed by atoms with E-state index >= 15 is 0 Å². The molecule has 0 unspecified atom stereocenters. The second-order valence-corrected chi connectivity index (χ2v) is 19.5. The van der Waals surface area contributed by atoms with Crippen molar-refractivity contribution < 1.29 is 0 Å². The van der Waals surface area contributed by atoms with Crippen molar-refractivity contribution >= 4 is 18.4 Å². The molecule has 1 heteroatoms. The molecule has 1 aliphatic carbocycles. The van der Waals surface area contributed by atoms with E-state index in [1.54, 1.807) is 12.8 Å². The van der Waals surface area contributed by atoms with Gasteiger partial charge in [0.2, 0.25) is 0 Å². The van der Waals surface area contributed by atoms with Gasteiger partial charge in [-0.05, 0) is 0 Å². The van der Waals surface area contributed by atoms with Crippen LogP contribution in [0.5, 0.6) is 0 Å². The summed E-state index contributed by atoms with van der Waals surface area (Å²) in [5, 5.41) is 0. The van der Waals surface area contributed by atoms with Crippen LogP contribution < -0.4 is 0 Å². The van der Waals surface area contributed by atoms with Crippen molar-refractivity contribution in [2.45, 2.75) is 31.6 Å². The summed E-state index contributed by atoms with van der Waals surface area (Å²) in [5.74, 6) is 0. The van der Waals surface area contributed by atoms with Gasteiger partial charge in [-0.3, -0.25) is 0 Å². The van der Waals surface area contributed by atoms with Gasteiger partial charge in [0.15, 0.2) is 0 Å². The van der Waals surface area contributed by atoms with E-state index < -0.39 is 18.4 Å². The third-order valence-corrected chi connectivity index (χ3v) is 10.4. The number of hydrogen-bond donors (Lipinski definition) is 0. The molecule has 0 aromatic carbocycles. The zero-order chi connectivity index (χ0) is 5.49. The van der Waals surface area contributed by atoms with Gasteiger partial charge in [-0.1, -0.05) is 0 Å². The van der Waals surface area contributed by atoms with Gasteiger partial charge in [0.1, 0.15) is 0 Å². The molecule has 0 N–H and O–H groups in total. The molecule has 0 nitrogen and oxygen atoms in total. The summed E-state index contributed by atoms with van der Waals surface area (Å²) in [7, 11) is 0. The molecule has 0 amide bonds. The van der Waals surface area contributed by atoms with Crippen LogP contribution in [0.3, 0.4) is 0 Å². The van der Waals surface area contributed by atoms with Crippen molar-refractivity contribution in [1.29, 1.82) is 0 Å². The Bertz CT molecular complexity index is 66.7. The fourth-order valence-corrected chi connectivity index (χ4v) is 6.37. The summed E-state index contributed by atoms with van der Waals surface area (Å²) in [6.45, 7) is 0. The van der Waals surface area contributed by atoms with Gasteiger partial charge in [0.25, 0.3) is 0 Å². The Kier molecular flexibility index (Phi) is 1.39. The first-order chi connectivity index (χ1) is 3.11. The third kappa shape index (κ3) is 1.63. The molecule has 0 saturated heterocycles. The molecule has 7 heavy (non-hydrogen) atoms. The van der Waals surface area contributed by atoms with E-state index in [0.717, 1.165) is 0 Å². The standard InChI is InChI=1S/C3H5.3CH3.Sn/c1-2-3-1;;;;/h1H,2-3H2;3*1H3;. The van der Waals surface area contributed by atoms with Crippen molar-refractivity contribution in [1.82, 2.24) is 0 Å². The normalized spacial score (nSPS) is 22.7. The topological polar surface area (TPSA) is 0 Å². The Morgan fingerprint density at radius 2 is 1.57 bits per heavy atom. The zero-order valence-corrected chi connectivity index (χ0v) is 8.35. The van der Waals surface area contributed by atoms with Crippen LogP contribution in [-0.2, 0) is 0 Å². The van der Waals surface area contributed by atoms with Gasteiger partial charge >= 0.3 is 50.0 Å². The summed E-state index contributed by atoms with van der Waals surface area (Å²) < 4.78 is 1.26. The van der Waals surface area contributed by atoms with Crippen molar-refractivity contribution in [3.05, 3.63) is 0 Å². The van der Waals surface area contributed by atoms with Gasteiger partial charge in [0, 0.05) is 0 Å². The molecular formula is C6H14Sn. The quantitative estimate of drug-likeness (QED) is 0.576. The molecule has 0 aliphatic heterocycles. The molecule has 1 fully saturated rings. The predicted molar refractivity (Wildman–Crippen MR) is 36.3 cm³/mol. The van der Waals surface area contributed by atoms with E-state index in [1.807, 2.05) is 0 Å². The van der Waals surface area contributed by atoms with E-state index in [-0.39, 0.29) is 0 Å². The Morgan fingerprint density at radius 3 is 1.57 bits per heavy atom. The first-order valence-electron chi connectivity index (χ1n) is 3.11. The van der Waals surface area contributed by atoms with E-state index in [2.05, 4.69) is 14.8 Å². The van der Waals surface area contributed by atoms with E-state index in [4.69, 9.17) is 0 Å². The van der Waals surface area contributed by atoms with Crippen LogP contribution in [0.4, 0.5) is 0 Å². The molecule has 0 aromatic rings. The average molecular weight is 205 g/mol. The van der Waals surface area contributed by atoms with Crippen LogP contribution >= 0.6 is 0 Å². The average Bonchev–Trinajstić information content (AvgIpc) is 1.99. The molecule has 0 bridgehead atoms. The zero-order valence-electron chi connectivity index (χ0n) is 5.49. The first-order valence-corrected chi connectivity index (χ1v) is 13.3. The van der Waals surface area contributed by atoms with Gasteiger partial charge in [-0.25, -0.2) is 0 Å². The minimum absolute atomic E-state index is 1.26. The first kappa shape index (κ1) is 5.93. The maximum atomic E-state index is 2.53. The molecule has 1 saturated carbocycles. The monoisotopic (exact) mass is 206 g/mol. The van der Waals surface area contributed by atoms with Crippen LogP contribution in [0.2, 0.25) is 18.8 Å². The van der Waals surface area contributed by atoms with Crippen LogP contribution in [0.15, 0.2) is 0 Å². The third-order valence-electron chi connectivity index (χ3n) is 1.80. The van der Waals surface area contributed by atoms with Crippen LogP contribution in [0, 0.1) is 0 Å². The predicted octanol–water partition coefficient (Wildman–Crippen LogP) is 2.49. The Morgan fingerprint density at radius 1 is 1.14 bits per heavy atom. The Balaban J connectivity index is 2.36. The second-order valence-electron chi connectivity index (χ2n) is 3.64. The fraction of sp³-hybridized carbons (Fsp3) is 1.00. The van der Waals surface area contributed by atoms with Crippen molar-refractivity contribution in [3.8, 4) is 0 Å². The Hall–Kier alpha value is 0.799. The minimum atomic E-state index is -1.26.